The van der Waals surface area contributed by atoms with Crippen molar-refractivity contribution in [2.75, 3.05) is 0 Å². The molecule has 0 unspecified atom stereocenters. The standard InChI is InChI=1S/C38H26N2/c1-25-31-15-4-6-17-33(31)37(34-18-7-5-16-32(25)34)28-13-10-14-30(24-28)40-36-20-9-8-19-35(36)39-38(40)29-22-21-26-11-2-3-12-27(26)23-29/h2-24H,1H3. The molecule has 8 rings (SSSR count). The summed E-state index contributed by atoms with van der Waals surface area (Å²) in [7, 11) is 0. The molecular formula is C38H26N2. The molecule has 2 heteroatoms. The molecule has 0 aliphatic heterocycles. The van der Waals surface area contributed by atoms with Gasteiger partial charge >= 0.3 is 0 Å². The molecule has 0 amide bonds. The first-order valence-electron chi connectivity index (χ1n) is 13.7. The summed E-state index contributed by atoms with van der Waals surface area (Å²) in [5.74, 6) is 0.947. The fourth-order valence-electron chi connectivity index (χ4n) is 6.27. The molecule has 0 radical (unpaired) electrons. The second-order valence-electron chi connectivity index (χ2n) is 10.5. The van der Waals surface area contributed by atoms with E-state index < -0.39 is 0 Å². The van der Waals surface area contributed by atoms with E-state index in [2.05, 4.69) is 151 Å². The van der Waals surface area contributed by atoms with E-state index in [0.717, 1.165) is 28.1 Å². The first-order valence-corrected chi connectivity index (χ1v) is 13.7. The molecule has 0 bridgehead atoms. The summed E-state index contributed by atoms with van der Waals surface area (Å²) >= 11 is 0. The molecule has 0 aliphatic rings. The Morgan fingerprint density at radius 1 is 0.500 bits per heavy atom. The zero-order chi connectivity index (χ0) is 26.6. The highest BCUT2D eigenvalue weighted by molar-refractivity contribution is 6.15. The Labute approximate surface area is 232 Å². The normalized spacial score (nSPS) is 11.6. The number of hydrogen-bond acceptors (Lipinski definition) is 1. The van der Waals surface area contributed by atoms with Crippen molar-refractivity contribution >= 4 is 43.4 Å². The van der Waals surface area contributed by atoms with Gasteiger partial charge in [-0.15, -0.1) is 0 Å². The van der Waals surface area contributed by atoms with Gasteiger partial charge in [0.1, 0.15) is 5.82 Å². The highest BCUT2D eigenvalue weighted by atomic mass is 15.1. The van der Waals surface area contributed by atoms with Crippen molar-refractivity contribution in [3.8, 4) is 28.2 Å². The zero-order valence-corrected chi connectivity index (χ0v) is 22.2. The van der Waals surface area contributed by atoms with Crippen LogP contribution >= 0.6 is 0 Å². The van der Waals surface area contributed by atoms with Gasteiger partial charge in [-0.3, -0.25) is 4.57 Å². The van der Waals surface area contributed by atoms with Crippen molar-refractivity contribution in [3.63, 3.8) is 0 Å². The molecule has 0 atom stereocenters. The first-order chi connectivity index (χ1) is 19.8. The number of aromatic nitrogens is 2. The minimum atomic E-state index is 0.947. The van der Waals surface area contributed by atoms with Crippen LogP contribution in [0.5, 0.6) is 0 Å². The van der Waals surface area contributed by atoms with Gasteiger partial charge in [-0.05, 0) is 86.3 Å². The fraction of sp³-hybridized carbons (Fsp3) is 0.0263. The topological polar surface area (TPSA) is 17.8 Å². The van der Waals surface area contributed by atoms with Gasteiger partial charge in [-0.1, -0.05) is 109 Å². The Hall–Kier alpha value is -5.21. The maximum absolute atomic E-state index is 5.14. The van der Waals surface area contributed by atoms with Gasteiger partial charge in [0.05, 0.1) is 11.0 Å². The minimum Gasteiger partial charge on any atom is -0.292 e. The van der Waals surface area contributed by atoms with Crippen molar-refractivity contribution in [2.45, 2.75) is 6.92 Å². The van der Waals surface area contributed by atoms with Crippen molar-refractivity contribution in [1.29, 1.82) is 0 Å². The molecule has 40 heavy (non-hydrogen) atoms. The summed E-state index contributed by atoms with van der Waals surface area (Å²) in [6.45, 7) is 2.23. The van der Waals surface area contributed by atoms with Gasteiger partial charge in [0, 0.05) is 11.3 Å². The SMILES string of the molecule is Cc1c2ccccc2c(-c2cccc(-n3c(-c4ccc5ccccc5c4)nc4ccccc43)c2)c2ccccc12. The number of fused-ring (bicyclic) bond motifs is 4. The molecule has 188 valence electrons. The number of imidazole rings is 1. The fourth-order valence-corrected chi connectivity index (χ4v) is 6.27. The van der Waals surface area contributed by atoms with Crippen molar-refractivity contribution in [3.05, 3.63) is 145 Å². The lowest BCUT2D eigenvalue weighted by atomic mass is 9.89. The summed E-state index contributed by atoms with van der Waals surface area (Å²) in [6.07, 6.45) is 0. The average molecular weight is 511 g/mol. The molecule has 1 aromatic heterocycles. The van der Waals surface area contributed by atoms with Crippen LogP contribution in [0.25, 0.3) is 71.6 Å². The molecule has 7 aromatic carbocycles. The molecule has 1 heterocycles. The van der Waals surface area contributed by atoms with Gasteiger partial charge in [0.2, 0.25) is 0 Å². The van der Waals surface area contributed by atoms with Crippen molar-refractivity contribution in [2.24, 2.45) is 0 Å². The lowest BCUT2D eigenvalue weighted by molar-refractivity contribution is 1.10. The molecule has 0 fully saturated rings. The average Bonchev–Trinajstić information content (AvgIpc) is 3.41. The summed E-state index contributed by atoms with van der Waals surface area (Å²) in [4.78, 5) is 5.14. The third-order valence-electron chi connectivity index (χ3n) is 8.16. The Balaban J connectivity index is 1.41. The number of rotatable bonds is 3. The van der Waals surface area contributed by atoms with Crippen LogP contribution in [0.15, 0.2) is 140 Å². The van der Waals surface area contributed by atoms with E-state index in [1.165, 1.54) is 49.0 Å². The van der Waals surface area contributed by atoms with E-state index in [-0.39, 0.29) is 0 Å². The molecule has 2 nitrogen and oxygen atoms in total. The smallest absolute Gasteiger partial charge is 0.145 e. The largest absolute Gasteiger partial charge is 0.292 e. The third kappa shape index (κ3) is 3.47. The molecular weight excluding hydrogens is 484 g/mol. The van der Waals surface area contributed by atoms with E-state index in [9.17, 15) is 0 Å². The predicted octanol–water partition coefficient (Wildman–Crippen LogP) is 10.1. The number of benzene rings is 7. The van der Waals surface area contributed by atoms with E-state index in [1.807, 2.05) is 0 Å². The Kier molecular flexibility index (Phi) is 5.08. The van der Waals surface area contributed by atoms with E-state index in [0.29, 0.717) is 0 Å². The second-order valence-corrected chi connectivity index (χ2v) is 10.5. The van der Waals surface area contributed by atoms with Gasteiger partial charge in [0.25, 0.3) is 0 Å². The summed E-state index contributed by atoms with van der Waals surface area (Å²) < 4.78 is 2.31. The number of nitrogens with zero attached hydrogens (tertiary/aromatic N) is 2. The van der Waals surface area contributed by atoms with Gasteiger partial charge in [-0.2, -0.15) is 0 Å². The van der Waals surface area contributed by atoms with Crippen LogP contribution in [0.4, 0.5) is 0 Å². The lowest BCUT2D eigenvalue weighted by Crippen LogP contribution is -1.98. The number of para-hydroxylation sites is 2. The van der Waals surface area contributed by atoms with E-state index >= 15 is 0 Å². The third-order valence-corrected chi connectivity index (χ3v) is 8.16. The zero-order valence-electron chi connectivity index (χ0n) is 22.2. The molecule has 0 spiro atoms. The Morgan fingerprint density at radius 3 is 1.93 bits per heavy atom. The van der Waals surface area contributed by atoms with Gasteiger partial charge in [-0.25, -0.2) is 4.98 Å². The highest BCUT2D eigenvalue weighted by Crippen LogP contribution is 2.40. The highest BCUT2D eigenvalue weighted by Gasteiger charge is 2.17. The molecule has 8 aromatic rings. The Morgan fingerprint density at radius 2 is 1.15 bits per heavy atom. The van der Waals surface area contributed by atoms with Crippen LogP contribution in [-0.4, -0.2) is 9.55 Å². The van der Waals surface area contributed by atoms with Crippen LogP contribution in [-0.2, 0) is 0 Å². The van der Waals surface area contributed by atoms with E-state index in [4.69, 9.17) is 4.98 Å². The number of aryl methyl sites for hydroxylation is 1. The molecule has 0 saturated heterocycles. The summed E-state index contributed by atoms with van der Waals surface area (Å²) in [6, 6.07) is 50.0. The molecule has 0 aliphatic carbocycles. The molecule has 0 N–H and O–H groups in total. The van der Waals surface area contributed by atoms with Crippen LogP contribution in [0.2, 0.25) is 0 Å². The first kappa shape index (κ1) is 22.7. The second kappa shape index (κ2) is 8.93. The maximum atomic E-state index is 5.14. The summed E-state index contributed by atoms with van der Waals surface area (Å²) in [5.41, 5.74) is 8.09. The lowest BCUT2D eigenvalue weighted by Gasteiger charge is -2.17. The van der Waals surface area contributed by atoms with Crippen LogP contribution < -0.4 is 0 Å². The van der Waals surface area contributed by atoms with Gasteiger partial charge < -0.3 is 0 Å². The van der Waals surface area contributed by atoms with Crippen LogP contribution in [0, 0.1) is 6.92 Å². The van der Waals surface area contributed by atoms with Crippen molar-refractivity contribution in [1.82, 2.24) is 9.55 Å². The number of hydrogen-bond donors (Lipinski definition) is 0. The Bertz CT molecular complexity index is 2180. The predicted molar refractivity (Wildman–Crippen MR) is 169 cm³/mol. The van der Waals surface area contributed by atoms with Crippen molar-refractivity contribution < 1.29 is 0 Å². The minimum absolute atomic E-state index is 0.947. The maximum Gasteiger partial charge on any atom is 0.145 e. The van der Waals surface area contributed by atoms with Gasteiger partial charge in [0.15, 0.2) is 0 Å². The monoisotopic (exact) mass is 510 g/mol. The summed E-state index contributed by atoms with van der Waals surface area (Å²) in [5, 5.41) is 7.60. The van der Waals surface area contributed by atoms with Crippen LogP contribution in [0.3, 0.4) is 0 Å². The van der Waals surface area contributed by atoms with Crippen LogP contribution in [0.1, 0.15) is 5.56 Å². The molecule has 0 saturated carbocycles. The quantitative estimate of drug-likeness (QED) is 0.216. The van der Waals surface area contributed by atoms with E-state index in [1.54, 1.807) is 0 Å².